The van der Waals surface area contributed by atoms with E-state index >= 15 is 0 Å². The van der Waals surface area contributed by atoms with Crippen molar-refractivity contribution in [2.75, 3.05) is 4.72 Å². The number of phenolic OH excluding ortho intramolecular Hbond substituents is 1. The van der Waals surface area contributed by atoms with Gasteiger partial charge in [0.2, 0.25) is 0 Å². The number of pyridine rings is 1. The van der Waals surface area contributed by atoms with Crippen molar-refractivity contribution >= 4 is 43.5 Å². The predicted molar refractivity (Wildman–Crippen MR) is 102 cm³/mol. The maximum atomic E-state index is 12.7. The second-order valence-electron chi connectivity index (χ2n) is 6.07. The highest BCUT2D eigenvalue weighted by Gasteiger charge is 2.20. The molecule has 10 heteroatoms. The van der Waals surface area contributed by atoms with E-state index in [2.05, 4.69) is 14.7 Å². The van der Waals surface area contributed by atoms with Crippen molar-refractivity contribution in [1.82, 2.24) is 9.97 Å². The summed E-state index contributed by atoms with van der Waals surface area (Å²) in [5.41, 5.74) is -0.0357. The number of nitrogens with one attached hydrogen (secondary N) is 3. The summed E-state index contributed by atoms with van der Waals surface area (Å²) in [7, 11) is -3.99. The number of rotatable bonds is 4. The van der Waals surface area contributed by atoms with Gasteiger partial charge in [-0.1, -0.05) is 0 Å². The second-order valence-corrected chi connectivity index (χ2v) is 7.75. The first-order valence-corrected chi connectivity index (χ1v) is 9.47. The molecule has 0 radical (unpaired) electrons. The zero-order chi connectivity index (χ0) is 20.1. The molecule has 4 rings (SSSR count). The van der Waals surface area contributed by atoms with Crippen LogP contribution in [0.25, 0.3) is 21.8 Å². The largest absolute Gasteiger partial charge is 0.508 e. The summed E-state index contributed by atoms with van der Waals surface area (Å²) in [6.07, 6.45) is 1.19. The van der Waals surface area contributed by atoms with E-state index in [1.165, 1.54) is 48.7 Å². The van der Waals surface area contributed by atoms with E-state index in [0.717, 1.165) is 0 Å². The lowest BCUT2D eigenvalue weighted by Gasteiger charge is -2.10. The molecule has 2 heterocycles. The normalized spacial score (nSPS) is 11.7. The SMILES string of the molecule is O=C(O)c1c[nH]c2c(=O)[nH]c3ccc(S(=O)(=O)Nc4ccc(O)cc4)cc3c12. The van der Waals surface area contributed by atoms with Gasteiger partial charge in [-0.25, -0.2) is 13.2 Å². The highest BCUT2D eigenvalue weighted by molar-refractivity contribution is 7.92. The zero-order valence-electron chi connectivity index (χ0n) is 14.1. The summed E-state index contributed by atoms with van der Waals surface area (Å²) in [6, 6.07) is 9.49. The zero-order valence-corrected chi connectivity index (χ0v) is 14.9. The van der Waals surface area contributed by atoms with E-state index < -0.39 is 21.6 Å². The molecule has 0 aliphatic heterocycles. The van der Waals surface area contributed by atoms with Crippen molar-refractivity contribution in [2.45, 2.75) is 4.90 Å². The number of phenols is 1. The molecule has 0 unspecified atom stereocenters. The van der Waals surface area contributed by atoms with Gasteiger partial charge in [0.15, 0.2) is 0 Å². The maximum absolute atomic E-state index is 12.7. The molecule has 142 valence electrons. The van der Waals surface area contributed by atoms with Crippen LogP contribution < -0.4 is 10.3 Å². The Morgan fingerprint density at radius 2 is 1.79 bits per heavy atom. The van der Waals surface area contributed by atoms with Crippen molar-refractivity contribution in [2.24, 2.45) is 0 Å². The Balaban J connectivity index is 1.91. The van der Waals surface area contributed by atoms with Crippen LogP contribution in [-0.4, -0.2) is 34.6 Å². The van der Waals surface area contributed by atoms with Gasteiger partial charge in [0.25, 0.3) is 15.6 Å². The van der Waals surface area contributed by atoms with Crippen molar-refractivity contribution in [3.63, 3.8) is 0 Å². The third-order valence-electron chi connectivity index (χ3n) is 4.28. The summed E-state index contributed by atoms with van der Waals surface area (Å²) in [4.78, 5) is 28.8. The van der Waals surface area contributed by atoms with E-state index in [4.69, 9.17) is 0 Å². The summed E-state index contributed by atoms with van der Waals surface area (Å²) in [5, 5.41) is 19.1. The minimum atomic E-state index is -3.99. The molecule has 0 bridgehead atoms. The molecule has 5 N–H and O–H groups in total. The van der Waals surface area contributed by atoms with Crippen molar-refractivity contribution in [3.8, 4) is 5.75 Å². The smallest absolute Gasteiger partial charge is 0.337 e. The third kappa shape index (κ3) is 2.85. The first-order chi connectivity index (χ1) is 13.3. The van der Waals surface area contributed by atoms with E-state index in [0.29, 0.717) is 5.52 Å². The number of benzene rings is 2. The van der Waals surface area contributed by atoms with Crippen LogP contribution in [0.5, 0.6) is 5.75 Å². The fraction of sp³-hybridized carbons (Fsp3) is 0. The van der Waals surface area contributed by atoms with E-state index in [1.807, 2.05) is 0 Å². The Hall–Kier alpha value is -3.79. The number of carboxylic acids is 1. The molecule has 0 atom stereocenters. The standard InChI is InChI=1S/C18H13N3O6S/c22-10-3-1-9(2-4-10)21-28(26,27)11-5-6-14-12(7-11)15-13(18(24)25)8-19-16(15)17(23)20-14/h1-8,19,21-22H,(H,20,23)(H,24,25). The van der Waals surface area contributed by atoms with Gasteiger partial charge in [0.05, 0.1) is 10.5 Å². The van der Waals surface area contributed by atoms with Gasteiger partial charge < -0.3 is 20.2 Å². The van der Waals surface area contributed by atoms with Crippen LogP contribution in [0.3, 0.4) is 0 Å². The molecule has 0 saturated heterocycles. The lowest BCUT2D eigenvalue weighted by Crippen LogP contribution is -2.13. The molecule has 4 aromatic rings. The topological polar surface area (TPSA) is 152 Å². The number of aromatic carboxylic acids is 1. The number of carbonyl (C=O) groups is 1. The number of hydrogen-bond donors (Lipinski definition) is 5. The molecule has 2 aromatic heterocycles. The average molecular weight is 399 g/mol. The first-order valence-electron chi connectivity index (χ1n) is 7.98. The monoisotopic (exact) mass is 399 g/mol. The highest BCUT2D eigenvalue weighted by Crippen LogP contribution is 2.28. The molecular weight excluding hydrogens is 386 g/mol. The number of hydrogen-bond acceptors (Lipinski definition) is 5. The van der Waals surface area contributed by atoms with Crippen LogP contribution in [0, 0.1) is 0 Å². The van der Waals surface area contributed by atoms with Gasteiger partial charge in [0, 0.05) is 28.2 Å². The van der Waals surface area contributed by atoms with Gasteiger partial charge in [-0.2, -0.15) is 0 Å². The van der Waals surface area contributed by atoms with E-state index in [1.54, 1.807) is 0 Å². The van der Waals surface area contributed by atoms with Gasteiger partial charge >= 0.3 is 5.97 Å². The van der Waals surface area contributed by atoms with Crippen LogP contribution in [0.2, 0.25) is 0 Å². The molecule has 0 spiro atoms. The molecule has 28 heavy (non-hydrogen) atoms. The highest BCUT2D eigenvalue weighted by atomic mass is 32.2. The quantitative estimate of drug-likeness (QED) is 0.332. The van der Waals surface area contributed by atoms with Crippen LogP contribution in [0.4, 0.5) is 5.69 Å². The maximum Gasteiger partial charge on any atom is 0.337 e. The number of aromatic amines is 2. The Kier molecular flexibility index (Phi) is 3.86. The van der Waals surface area contributed by atoms with E-state index in [-0.39, 0.29) is 38.2 Å². The number of aromatic hydroxyl groups is 1. The average Bonchev–Trinajstić information content (AvgIpc) is 3.10. The Morgan fingerprint density at radius 3 is 2.46 bits per heavy atom. The summed E-state index contributed by atoms with van der Waals surface area (Å²) >= 11 is 0. The molecule has 0 fully saturated rings. The van der Waals surface area contributed by atoms with Crippen LogP contribution in [0.1, 0.15) is 10.4 Å². The van der Waals surface area contributed by atoms with Gasteiger partial charge in [-0.15, -0.1) is 0 Å². The first kappa shape index (κ1) is 17.6. The predicted octanol–water partition coefficient (Wildman–Crippen LogP) is 2.21. The number of sulfonamides is 1. The second kappa shape index (κ2) is 6.13. The molecule has 0 saturated carbocycles. The van der Waals surface area contributed by atoms with Crippen molar-refractivity contribution < 1.29 is 23.4 Å². The van der Waals surface area contributed by atoms with Crippen molar-refractivity contribution in [3.05, 3.63) is 64.6 Å². The minimum Gasteiger partial charge on any atom is -0.508 e. The molecular formula is C18H13N3O6S. The molecule has 2 aromatic carbocycles. The minimum absolute atomic E-state index is 0.00587. The molecule has 0 amide bonds. The van der Waals surface area contributed by atoms with Crippen molar-refractivity contribution in [1.29, 1.82) is 0 Å². The number of H-pyrrole nitrogens is 2. The third-order valence-corrected chi connectivity index (χ3v) is 5.66. The Bertz CT molecular complexity index is 1400. The van der Waals surface area contributed by atoms with Gasteiger partial charge in [0.1, 0.15) is 11.3 Å². The lowest BCUT2D eigenvalue weighted by atomic mass is 10.1. The summed E-state index contributed by atoms with van der Waals surface area (Å²) < 4.78 is 27.8. The Morgan fingerprint density at radius 1 is 1.07 bits per heavy atom. The van der Waals surface area contributed by atoms with Crippen LogP contribution >= 0.6 is 0 Å². The lowest BCUT2D eigenvalue weighted by molar-refractivity contribution is 0.0699. The van der Waals surface area contributed by atoms with Crippen LogP contribution in [0.15, 0.2) is 58.4 Å². The summed E-state index contributed by atoms with van der Waals surface area (Å²) in [5.74, 6) is -1.25. The number of carboxylic acid groups (broad SMARTS) is 1. The number of aromatic nitrogens is 2. The Labute approximate surface area is 157 Å². The molecule has 0 aliphatic carbocycles. The molecule has 0 aliphatic rings. The number of anilines is 1. The van der Waals surface area contributed by atoms with Crippen LogP contribution in [-0.2, 0) is 10.0 Å². The molecule has 9 nitrogen and oxygen atoms in total. The van der Waals surface area contributed by atoms with Gasteiger partial charge in [-0.3, -0.25) is 9.52 Å². The fourth-order valence-electron chi connectivity index (χ4n) is 2.99. The van der Waals surface area contributed by atoms with Gasteiger partial charge in [-0.05, 0) is 42.5 Å². The number of fused-ring (bicyclic) bond motifs is 3. The fourth-order valence-corrected chi connectivity index (χ4v) is 4.07. The van der Waals surface area contributed by atoms with E-state index in [9.17, 15) is 28.2 Å². The summed E-state index contributed by atoms with van der Waals surface area (Å²) in [6.45, 7) is 0.